The van der Waals surface area contributed by atoms with Gasteiger partial charge in [-0.15, -0.1) is 11.8 Å². The summed E-state index contributed by atoms with van der Waals surface area (Å²) in [4.78, 5) is 27.4. The van der Waals surface area contributed by atoms with Gasteiger partial charge < -0.3 is 14.8 Å². The maximum Gasteiger partial charge on any atom is 0.255 e. The summed E-state index contributed by atoms with van der Waals surface area (Å²) in [6.45, 7) is 0. The van der Waals surface area contributed by atoms with E-state index in [0.717, 1.165) is 5.56 Å². The zero-order valence-corrected chi connectivity index (χ0v) is 18.0. The summed E-state index contributed by atoms with van der Waals surface area (Å²) >= 11 is 1.52. The highest BCUT2D eigenvalue weighted by molar-refractivity contribution is 8.00. The van der Waals surface area contributed by atoms with Crippen LogP contribution in [0.2, 0.25) is 0 Å². The highest BCUT2D eigenvalue weighted by atomic mass is 32.2. The first kappa shape index (κ1) is 20.8. The molecule has 0 saturated carbocycles. The molecule has 31 heavy (non-hydrogen) atoms. The average Bonchev–Trinajstić information content (AvgIpc) is 3.20. The first-order valence-electron chi connectivity index (χ1n) is 9.73. The van der Waals surface area contributed by atoms with Crippen LogP contribution >= 0.6 is 11.8 Å². The molecule has 1 heterocycles. The average molecular weight is 435 g/mol. The van der Waals surface area contributed by atoms with Gasteiger partial charge in [-0.25, -0.2) is 0 Å². The maximum atomic E-state index is 12.9. The number of hydrogen-bond acceptors (Lipinski definition) is 5. The van der Waals surface area contributed by atoms with E-state index in [1.165, 1.54) is 11.8 Å². The van der Waals surface area contributed by atoms with Crippen LogP contribution in [0.4, 0.5) is 11.4 Å². The summed E-state index contributed by atoms with van der Waals surface area (Å²) in [6.07, 6.45) is 0. The number of nitrogens with one attached hydrogen (secondary N) is 1. The number of para-hydroxylation sites is 3. The van der Waals surface area contributed by atoms with Crippen molar-refractivity contribution >= 4 is 35.0 Å². The number of carbonyl (C=O) groups is 2. The van der Waals surface area contributed by atoms with Crippen molar-refractivity contribution in [2.75, 3.05) is 30.2 Å². The fraction of sp³-hybridized carbons (Fsp3) is 0.167. The van der Waals surface area contributed by atoms with Gasteiger partial charge in [0.05, 0.1) is 25.7 Å². The third-order valence-corrected chi connectivity index (χ3v) is 6.21. The molecule has 1 aliphatic rings. The Hall–Kier alpha value is -3.45. The lowest BCUT2D eigenvalue weighted by Crippen LogP contribution is -2.29. The van der Waals surface area contributed by atoms with Gasteiger partial charge in [-0.05, 0) is 36.4 Å². The van der Waals surface area contributed by atoms with E-state index in [9.17, 15) is 9.59 Å². The molecule has 1 N–H and O–H groups in total. The summed E-state index contributed by atoms with van der Waals surface area (Å²) in [5.41, 5.74) is 2.70. The first-order chi connectivity index (χ1) is 15.1. The molecular weight excluding hydrogens is 412 g/mol. The molecule has 1 fully saturated rings. The third-order valence-electron chi connectivity index (χ3n) is 5.02. The van der Waals surface area contributed by atoms with Crippen molar-refractivity contribution in [3.8, 4) is 11.5 Å². The van der Waals surface area contributed by atoms with Crippen molar-refractivity contribution < 1.29 is 19.1 Å². The number of thioether (sulfide) groups is 1. The zero-order chi connectivity index (χ0) is 21.8. The monoisotopic (exact) mass is 434 g/mol. The number of carbonyl (C=O) groups excluding carboxylic acids is 2. The minimum absolute atomic E-state index is 0.00609. The smallest absolute Gasteiger partial charge is 0.255 e. The predicted molar refractivity (Wildman–Crippen MR) is 123 cm³/mol. The van der Waals surface area contributed by atoms with E-state index in [1.54, 1.807) is 43.4 Å². The largest absolute Gasteiger partial charge is 0.497 e. The lowest BCUT2D eigenvalue weighted by Gasteiger charge is -2.27. The molecule has 1 saturated heterocycles. The van der Waals surface area contributed by atoms with Crippen LogP contribution < -0.4 is 19.7 Å². The molecule has 158 valence electrons. The topological polar surface area (TPSA) is 67.9 Å². The molecule has 0 aromatic heterocycles. The Bertz CT molecular complexity index is 1120. The Labute approximate surface area is 185 Å². The molecule has 3 aromatic carbocycles. The molecule has 3 aromatic rings. The van der Waals surface area contributed by atoms with Gasteiger partial charge in [0.1, 0.15) is 16.9 Å². The van der Waals surface area contributed by atoms with Gasteiger partial charge in [-0.3, -0.25) is 14.5 Å². The maximum absolute atomic E-state index is 12.9. The first-order valence-corrected chi connectivity index (χ1v) is 10.8. The number of rotatable bonds is 6. The minimum atomic E-state index is -0.286. The number of methoxy groups -OCH3 is 2. The summed E-state index contributed by atoms with van der Waals surface area (Å²) in [6, 6.07) is 22.0. The quantitative estimate of drug-likeness (QED) is 0.607. The van der Waals surface area contributed by atoms with Crippen molar-refractivity contribution in [1.82, 2.24) is 0 Å². The Balaban J connectivity index is 1.67. The van der Waals surface area contributed by atoms with Gasteiger partial charge in [0.2, 0.25) is 5.91 Å². The molecular formula is C24H22N2O4S. The molecule has 1 unspecified atom stereocenters. The van der Waals surface area contributed by atoms with E-state index in [-0.39, 0.29) is 17.2 Å². The number of ether oxygens (including phenoxy) is 2. The van der Waals surface area contributed by atoms with Crippen LogP contribution in [0.1, 0.15) is 21.3 Å². The Morgan fingerprint density at radius 2 is 1.77 bits per heavy atom. The fourth-order valence-corrected chi connectivity index (χ4v) is 4.73. The molecule has 0 bridgehead atoms. The van der Waals surface area contributed by atoms with Crippen molar-refractivity contribution in [2.45, 2.75) is 5.37 Å². The van der Waals surface area contributed by atoms with Gasteiger partial charge in [-0.2, -0.15) is 0 Å². The third kappa shape index (κ3) is 4.22. The number of hydrogen-bond donors (Lipinski definition) is 1. The van der Waals surface area contributed by atoms with Gasteiger partial charge in [0.25, 0.3) is 5.91 Å². The fourth-order valence-electron chi connectivity index (χ4n) is 3.53. The summed E-state index contributed by atoms with van der Waals surface area (Å²) in [5, 5.41) is 2.71. The second kappa shape index (κ2) is 9.14. The molecule has 0 radical (unpaired) electrons. The molecule has 0 spiro atoms. The van der Waals surface area contributed by atoms with E-state index >= 15 is 0 Å². The Morgan fingerprint density at radius 1 is 1.00 bits per heavy atom. The second-order valence-electron chi connectivity index (χ2n) is 6.87. The molecule has 1 atom stereocenters. The van der Waals surface area contributed by atoms with Crippen molar-refractivity contribution in [1.29, 1.82) is 0 Å². The Morgan fingerprint density at radius 3 is 2.58 bits per heavy atom. The van der Waals surface area contributed by atoms with E-state index in [1.807, 2.05) is 48.5 Å². The van der Waals surface area contributed by atoms with Gasteiger partial charge in [0, 0.05) is 16.8 Å². The second-order valence-corrected chi connectivity index (χ2v) is 7.94. The van der Waals surface area contributed by atoms with E-state index in [2.05, 4.69) is 5.32 Å². The van der Waals surface area contributed by atoms with Crippen LogP contribution in [0.5, 0.6) is 11.5 Å². The van der Waals surface area contributed by atoms with Crippen molar-refractivity contribution in [2.24, 2.45) is 0 Å². The molecule has 1 aliphatic heterocycles. The summed E-state index contributed by atoms with van der Waals surface area (Å²) in [5.74, 6) is 1.33. The normalized spacial score (nSPS) is 15.6. The molecule has 6 nitrogen and oxygen atoms in total. The van der Waals surface area contributed by atoms with Crippen LogP contribution in [-0.2, 0) is 4.79 Å². The zero-order valence-electron chi connectivity index (χ0n) is 17.2. The number of benzene rings is 3. The minimum Gasteiger partial charge on any atom is -0.497 e. The van der Waals surface area contributed by atoms with Crippen LogP contribution in [0.3, 0.4) is 0 Å². The predicted octanol–water partition coefficient (Wildman–Crippen LogP) is 4.73. The number of amides is 2. The van der Waals surface area contributed by atoms with Gasteiger partial charge in [-0.1, -0.05) is 36.4 Å². The molecule has 2 amide bonds. The van der Waals surface area contributed by atoms with Crippen LogP contribution in [0, 0.1) is 0 Å². The summed E-state index contributed by atoms with van der Waals surface area (Å²) in [7, 11) is 3.15. The van der Waals surface area contributed by atoms with Crippen LogP contribution in [0.25, 0.3) is 0 Å². The van der Waals surface area contributed by atoms with Gasteiger partial charge in [0.15, 0.2) is 0 Å². The molecule has 7 heteroatoms. The van der Waals surface area contributed by atoms with Gasteiger partial charge >= 0.3 is 0 Å². The van der Waals surface area contributed by atoms with Crippen LogP contribution in [-0.4, -0.2) is 31.8 Å². The van der Waals surface area contributed by atoms with E-state index in [0.29, 0.717) is 34.2 Å². The van der Waals surface area contributed by atoms with Crippen molar-refractivity contribution in [3.63, 3.8) is 0 Å². The lowest BCUT2D eigenvalue weighted by molar-refractivity contribution is -0.115. The molecule has 4 rings (SSSR count). The SMILES string of the molecule is COc1cccc(C(=O)Nc2ccccc2C2SCC(=O)N2c2ccccc2OC)c1. The highest BCUT2D eigenvalue weighted by Gasteiger charge is 2.36. The van der Waals surface area contributed by atoms with Crippen LogP contribution in [0.15, 0.2) is 72.8 Å². The summed E-state index contributed by atoms with van der Waals surface area (Å²) < 4.78 is 10.7. The Kier molecular flexibility index (Phi) is 6.13. The number of anilines is 2. The number of nitrogens with zero attached hydrogens (tertiary/aromatic N) is 1. The van der Waals surface area contributed by atoms with E-state index in [4.69, 9.17) is 9.47 Å². The van der Waals surface area contributed by atoms with E-state index < -0.39 is 0 Å². The highest BCUT2D eigenvalue weighted by Crippen LogP contribution is 2.46. The lowest BCUT2D eigenvalue weighted by atomic mass is 10.1. The molecule has 0 aliphatic carbocycles. The standard InChI is InChI=1S/C24H22N2O4S/c1-29-17-9-7-8-16(14-17)23(28)25-19-11-4-3-10-18(19)24-26(22(27)15-31-24)20-12-5-6-13-21(20)30-2/h3-14,24H,15H2,1-2H3,(H,25,28). The van der Waals surface area contributed by atoms with Crippen molar-refractivity contribution in [3.05, 3.63) is 83.9 Å².